The molecular formula is C15H18N2O2S. The fraction of sp³-hybridized carbons (Fsp3) is 0.200. The van der Waals surface area contributed by atoms with Crippen LogP contribution in [0.2, 0.25) is 0 Å². The summed E-state index contributed by atoms with van der Waals surface area (Å²) in [5, 5.41) is 0. The third kappa shape index (κ3) is 2.77. The van der Waals surface area contributed by atoms with Crippen LogP contribution in [0.5, 0.6) is 0 Å². The van der Waals surface area contributed by atoms with Crippen LogP contribution in [0, 0.1) is 13.8 Å². The van der Waals surface area contributed by atoms with Gasteiger partial charge in [0.25, 0.3) is 0 Å². The van der Waals surface area contributed by atoms with Crippen LogP contribution in [0.25, 0.3) is 0 Å². The highest BCUT2D eigenvalue weighted by Crippen LogP contribution is 2.32. The number of benzene rings is 2. The van der Waals surface area contributed by atoms with E-state index < -0.39 is 10.0 Å². The minimum Gasteiger partial charge on any atom is -0.398 e. The average Bonchev–Trinajstić information content (AvgIpc) is 2.35. The van der Waals surface area contributed by atoms with Crippen LogP contribution in [-0.2, 0) is 10.0 Å². The Labute approximate surface area is 119 Å². The molecule has 0 aliphatic heterocycles. The van der Waals surface area contributed by atoms with Crippen LogP contribution in [0.1, 0.15) is 11.1 Å². The molecule has 0 fully saturated rings. The Hall–Kier alpha value is -2.01. The van der Waals surface area contributed by atoms with E-state index in [1.165, 1.54) is 10.6 Å². The second kappa shape index (κ2) is 5.17. The minimum absolute atomic E-state index is 0.600. The van der Waals surface area contributed by atoms with Gasteiger partial charge in [-0.2, -0.15) is 0 Å². The number of hydrogen-bond donors (Lipinski definition) is 1. The monoisotopic (exact) mass is 290 g/mol. The van der Waals surface area contributed by atoms with E-state index in [1.54, 1.807) is 24.3 Å². The van der Waals surface area contributed by atoms with Gasteiger partial charge in [-0.15, -0.1) is 0 Å². The Kier molecular flexibility index (Phi) is 3.72. The lowest BCUT2D eigenvalue weighted by Gasteiger charge is -2.24. The second-order valence-electron chi connectivity index (χ2n) is 4.86. The summed E-state index contributed by atoms with van der Waals surface area (Å²) in [7, 11) is -3.42. The number of aryl methyl sites for hydroxylation is 2. The smallest absolute Gasteiger partial charge is 0.236 e. The summed E-state index contributed by atoms with van der Waals surface area (Å²) in [5.41, 5.74) is 9.56. The molecule has 2 aromatic rings. The fourth-order valence-electron chi connectivity index (χ4n) is 2.16. The number of anilines is 3. The fourth-order valence-corrected chi connectivity index (χ4v) is 3.16. The molecule has 0 radical (unpaired) electrons. The Bertz CT molecular complexity index is 702. The van der Waals surface area contributed by atoms with Crippen molar-refractivity contribution in [3.8, 4) is 0 Å². The zero-order valence-corrected chi connectivity index (χ0v) is 12.6. The summed E-state index contributed by atoms with van der Waals surface area (Å²) >= 11 is 0. The second-order valence-corrected chi connectivity index (χ2v) is 6.69. The van der Waals surface area contributed by atoms with E-state index in [9.17, 15) is 8.42 Å². The first-order valence-electron chi connectivity index (χ1n) is 6.23. The highest BCUT2D eigenvalue weighted by molar-refractivity contribution is 7.92. The molecule has 0 saturated carbocycles. The van der Waals surface area contributed by atoms with E-state index in [0.717, 1.165) is 11.1 Å². The van der Waals surface area contributed by atoms with Crippen molar-refractivity contribution in [3.63, 3.8) is 0 Å². The number of nitrogen functional groups attached to an aromatic ring is 1. The first kappa shape index (κ1) is 14.4. The summed E-state index contributed by atoms with van der Waals surface area (Å²) < 4.78 is 25.6. The van der Waals surface area contributed by atoms with Crippen molar-refractivity contribution in [2.24, 2.45) is 0 Å². The molecule has 4 nitrogen and oxygen atoms in total. The Morgan fingerprint density at radius 3 is 1.90 bits per heavy atom. The van der Waals surface area contributed by atoms with Crippen molar-refractivity contribution in [3.05, 3.63) is 53.6 Å². The van der Waals surface area contributed by atoms with E-state index in [-0.39, 0.29) is 0 Å². The number of para-hydroxylation sites is 1. The van der Waals surface area contributed by atoms with Crippen molar-refractivity contribution in [2.75, 3.05) is 16.3 Å². The first-order valence-corrected chi connectivity index (χ1v) is 8.07. The maximum atomic E-state index is 12.1. The van der Waals surface area contributed by atoms with Gasteiger partial charge in [0.15, 0.2) is 0 Å². The van der Waals surface area contributed by atoms with Gasteiger partial charge < -0.3 is 5.73 Å². The molecule has 0 aliphatic carbocycles. The highest BCUT2D eigenvalue weighted by Gasteiger charge is 2.20. The summed E-state index contributed by atoms with van der Waals surface area (Å²) in [6.07, 6.45) is 1.20. The molecule has 0 atom stereocenters. The average molecular weight is 290 g/mol. The topological polar surface area (TPSA) is 63.4 Å². The van der Waals surface area contributed by atoms with Gasteiger partial charge in [-0.25, -0.2) is 12.7 Å². The third-order valence-corrected chi connectivity index (χ3v) is 4.22. The van der Waals surface area contributed by atoms with Gasteiger partial charge in [0.2, 0.25) is 10.0 Å². The van der Waals surface area contributed by atoms with Gasteiger partial charge in [0, 0.05) is 5.69 Å². The number of nitrogens with two attached hydrogens (primary N) is 1. The number of nitrogens with zero attached hydrogens (tertiary/aromatic N) is 1. The maximum absolute atomic E-state index is 12.1. The number of rotatable bonds is 3. The van der Waals surface area contributed by atoms with Crippen molar-refractivity contribution in [1.82, 2.24) is 0 Å². The van der Waals surface area contributed by atoms with Crippen LogP contribution < -0.4 is 10.0 Å². The van der Waals surface area contributed by atoms with E-state index in [1.807, 2.05) is 32.0 Å². The van der Waals surface area contributed by atoms with Gasteiger partial charge in [-0.05, 0) is 49.2 Å². The lowest BCUT2D eigenvalue weighted by molar-refractivity contribution is 0.602. The van der Waals surface area contributed by atoms with Crippen molar-refractivity contribution in [2.45, 2.75) is 13.8 Å². The van der Waals surface area contributed by atoms with E-state index in [2.05, 4.69) is 0 Å². The standard InChI is InChI=1S/C15H18N2O2S/c1-11-9-14(10-12(2)15(11)16)17(20(3,18)19)13-7-5-4-6-8-13/h4-10H,16H2,1-3H3. The lowest BCUT2D eigenvalue weighted by atomic mass is 10.1. The molecule has 2 aromatic carbocycles. The molecular weight excluding hydrogens is 272 g/mol. The molecule has 0 aliphatic rings. The van der Waals surface area contributed by atoms with Crippen molar-refractivity contribution >= 4 is 27.1 Å². The molecule has 0 spiro atoms. The molecule has 106 valence electrons. The van der Waals surface area contributed by atoms with Crippen LogP contribution in [0.3, 0.4) is 0 Å². The molecule has 0 heterocycles. The zero-order chi connectivity index (χ0) is 14.9. The predicted molar refractivity (Wildman–Crippen MR) is 83.8 cm³/mol. The first-order chi connectivity index (χ1) is 9.30. The summed E-state index contributed by atoms with van der Waals surface area (Å²) in [6.45, 7) is 3.74. The van der Waals surface area contributed by atoms with Crippen LogP contribution in [0.15, 0.2) is 42.5 Å². The molecule has 0 amide bonds. The van der Waals surface area contributed by atoms with E-state index in [0.29, 0.717) is 17.1 Å². The number of hydrogen-bond acceptors (Lipinski definition) is 3. The quantitative estimate of drug-likeness (QED) is 0.884. The minimum atomic E-state index is -3.42. The third-order valence-electron chi connectivity index (χ3n) is 3.14. The highest BCUT2D eigenvalue weighted by atomic mass is 32.2. The van der Waals surface area contributed by atoms with Gasteiger partial charge in [0.1, 0.15) is 0 Å². The van der Waals surface area contributed by atoms with E-state index >= 15 is 0 Å². The SMILES string of the molecule is Cc1cc(N(c2ccccc2)S(C)(=O)=O)cc(C)c1N. The Morgan fingerprint density at radius 1 is 0.950 bits per heavy atom. The molecule has 0 saturated heterocycles. The molecule has 2 rings (SSSR count). The molecule has 5 heteroatoms. The molecule has 2 N–H and O–H groups in total. The Morgan fingerprint density at radius 2 is 1.45 bits per heavy atom. The number of sulfonamides is 1. The molecule has 0 bridgehead atoms. The van der Waals surface area contributed by atoms with Crippen LogP contribution >= 0.6 is 0 Å². The summed E-state index contributed by atoms with van der Waals surface area (Å²) in [6, 6.07) is 12.6. The van der Waals surface area contributed by atoms with Gasteiger partial charge in [-0.3, -0.25) is 0 Å². The van der Waals surface area contributed by atoms with E-state index in [4.69, 9.17) is 5.73 Å². The largest absolute Gasteiger partial charge is 0.398 e. The molecule has 0 unspecified atom stereocenters. The zero-order valence-electron chi connectivity index (χ0n) is 11.8. The lowest BCUT2D eigenvalue weighted by Crippen LogP contribution is -2.24. The van der Waals surface area contributed by atoms with Crippen molar-refractivity contribution in [1.29, 1.82) is 0 Å². The van der Waals surface area contributed by atoms with Crippen LogP contribution in [-0.4, -0.2) is 14.7 Å². The summed E-state index contributed by atoms with van der Waals surface area (Å²) in [5.74, 6) is 0. The predicted octanol–water partition coefficient (Wildman–Crippen LogP) is 2.98. The molecule has 20 heavy (non-hydrogen) atoms. The normalized spacial score (nSPS) is 11.3. The maximum Gasteiger partial charge on any atom is 0.236 e. The van der Waals surface area contributed by atoms with Crippen molar-refractivity contribution < 1.29 is 8.42 Å². The van der Waals surface area contributed by atoms with Crippen LogP contribution in [0.4, 0.5) is 17.1 Å². The Balaban J connectivity index is 2.66. The van der Waals surface area contributed by atoms with Gasteiger partial charge in [-0.1, -0.05) is 18.2 Å². The summed E-state index contributed by atoms with van der Waals surface area (Å²) in [4.78, 5) is 0. The molecule has 0 aromatic heterocycles. The van der Waals surface area contributed by atoms with Gasteiger partial charge in [0.05, 0.1) is 17.6 Å². The van der Waals surface area contributed by atoms with Gasteiger partial charge >= 0.3 is 0 Å².